The number of esters is 3. The summed E-state index contributed by atoms with van der Waals surface area (Å²) < 4.78 is 17.0. The van der Waals surface area contributed by atoms with E-state index in [1.54, 1.807) is 0 Å². The zero-order valence-corrected chi connectivity index (χ0v) is 32.6. The Labute approximate surface area is 300 Å². The number of fused-ring (bicyclic) bond motifs is 1. The smallest absolute Gasteiger partial charge is 0.320 e. The molecule has 0 radical (unpaired) electrons. The summed E-state index contributed by atoms with van der Waals surface area (Å²) in [6.07, 6.45) is 0. The zero-order chi connectivity index (χ0) is 36.4. The van der Waals surface area contributed by atoms with Gasteiger partial charge in [0.25, 0.3) is 0 Å². The van der Waals surface area contributed by atoms with E-state index < -0.39 is 16.8 Å². The molecular formula is C36H57BrN6O6. The number of hydrogen-bond donors (Lipinski definition) is 0. The summed E-state index contributed by atoms with van der Waals surface area (Å²) in [5.41, 5.74) is 1.62. The molecule has 13 heteroatoms. The van der Waals surface area contributed by atoms with Crippen LogP contribution in [0, 0.1) is 0 Å². The van der Waals surface area contributed by atoms with Gasteiger partial charge in [0.1, 0.15) is 16.8 Å². The fourth-order valence-corrected chi connectivity index (χ4v) is 5.85. The number of ether oxygens (including phenoxy) is 3. The molecule has 1 fully saturated rings. The summed E-state index contributed by atoms with van der Waals surface area (Å²) in [6.45, 7) is 22.1. The van der Waals surface area contributed by atoms with Crippen LogP contribution in [0.4, 0.5) is 0 Å². The molecule has 0 spiro atoms. The number of hydrogen-bond acceptors (Lipinski definition) is 12. The summed E-state index contributed by atoms with van der Waals surface area (Å²) in [5.74, 6) is -0.909. The van der Waals surface area contributed by atoms with Crippen LogP contribution in [0.1, 0.15) is 73.7 Å². The Balaban J connectivity index is 1.90. The molecule has 0 bridgehead atoms. The standard InChI is InChI=1S/C36H57BrN6O6/c1-34(2,3)47-31(44)24-41-16-14-40(23-30-29(22-37)38-27-12-10-11-13-28(27)39-30)15-17-42(25-32(45)48-35(4,5)6)19-21-43(20-18-41)26-33(46)49-36(7,8)9/h10-13H,14-26H2,1-9H3. The number of benzene rings is 1. The zero-order valence-electron chi connectivity index (χ0n) is 31.0. The van der Waals surface area contributed by atoms with Crippen molar-refractivity contribution >= 4 is 44.9 Å². The Morgan fingerprint density at radius 3 is 1.18 bits per heavy atom. The first kappa shape index (κ1) is 40.7. The van der Waals surface area contributed by atoms with Gasteiger partial charge < -0.3 is 14.2 Å². The summed E-state index contributed by atoms with van der Waals surface area (Å²) in [4.78, 5) is 57.3. The lowest BCUT2D eigenvalue weighted by atomic mass is 10.2. The highest BCUT2D eigenvalue weighted by Gasteiger charge is 2.26. The minimum absolute atomic E-state index is 0.0971. The monoisotopic (exact) mass is 748 g/mol. The first-order valence-electron chi connectivity index (χ1n) is 17.1. The molecule has 1 aromatic heterocycles. The van der Waals surface area contributed by atoms with Crippen molar-refractivity contribution in [2.24, 2.45) is 0 Å². The van der Waals surface area contributed by atoms with Gasteiger partial charge >= 0.3 is 17.9 Å². The molecule has 12 nitrogen and oxygen atoms in total. The minimum Gasteiger partial charge on any atom is -0.459 e. The van der Waals surface area contributed by atoms with Crippen LogP contribution in [0.2, 0.25) is 0 Å². The van der Waals surface area contributed by atoms with Crippen LogP contribution in [0.3, 0.4) is 0 Å². The van der Waals surface area contributed by atoms with Crippen LogP contribution in [0.5, 0.6) is 0 Å². The van der Waals surface area contributed by atoms with Crippen molar-refractivity contribution in [3.05, 3.63) is 35.7 Å². The van der Waals surface area contributed by atoms with Crippen LogP contribution in [0.15, 0.2) is 24.3 Å². The van der Waals surface area contributed by atoms with Gasteiger partial charge in [0.05, 0.1) is 42.1 Å². The lowest BCUT2D eigenvalue weighted by molar-refractivity contribution is -0.158. The Morgan fingerprint density at radius 2 is 0.878 bits per heavy atom. The van der Waals surface area contributed by atoms with Crippen molar-refractivity contribution in [1.29, 1.82) is 0 Å². The third-order valence-electron chi connectivity index (χ3n) is 7.47. The number of carbonyl (C=O) groups excluding carboxylic acids is 3. The molecule has 1 aliphatic rings. The maximum absolute atomic E-state index is 13.0. The van der Waals surface area contributed by atoms with Crippen LogP contribution in [-0.2, 0) is 40.5 Å². The third-order valence-corrected chi connectivity index (χ3v) is 8.00. The van der Waals surface area contributed by atoms with Crippen LogP contribution in [-0.4, -0.2) is 136 Å². The predicted octanol–water partition coefficient (Wildman–Crippen LogP) is 4.27. The number of para-hydroxylation sites is 2. The average Bonchev–Trinajstić information content (AvgIpc) is 2.95. The summed E-state index contributed by atoms with van der Waals surface area (Å²) >= 11 is 3.61. The first-order valence-corrected chi connectivity index (χ1v) is 18.3. The Kier molecular flexibility index (Phi) is 14.9. The molecular weight excluding hydrogens is 692 g/mol. The molecule has 2 heterocycles. The normalized spacial score (nSPS) is 17.3. The summed E-state index contributed by atoms with van der Waals surface area (Å²) in [7, 11) is 0. The molecule has 0 saturated carbocycles. The second kappa shape index (κ2) is 18.0. The molecule has 1 aromatic carbocycles. The predicted molar refractivity (Wildman–Crippen MR) is 194 cm³/mol. The molecule has 3 rings (SSSR count). The highest BCUT2D eigenvalue weighted by Crippen LogP contribution is 2.18. The molecule has 0 aliphatic carbocycles. The maximum Gasteiger partial charge on any atom is 0.320 e. The SMILES string of the molecule is CC(C)(C)OC(=O)CN1CCN(CC(=O)OC(C)(C)C)CCN(Cc2nc3ccccc3nc2CBr)CCN(CC(=O)OC(C)(C)C)CC1. The van der Waals surface area contributed by atoms with Gasteiger partial charge in [0.2, 0.25) is 0 Å². The van der Waals surface area contributed by atoms with E-state index in [2.05, 4.69) is 30.6 Å². The molecule has 0 N–H and O–H groups in total. The fraction of sp³-hybridized carbons (Fsp3) is 0.694. The van der Waals surface area contributed by atoms with Gasteiger partial charge in [-0.15, -0.1) is 0 Å². The molecule has 0 atom stereocenters. The van der Waals surface area contributed by atoms with Gasteiger partial charge in [-0.3, -0.25) is 34.0 Å². The van der Waals surface area contributed by atoms with Crippen molar-refractivity contribution in [2.45, 2.75) is 91.0 Å². The Morgan fingerprint density at radius 1 is 0.571 bits per heavy atom. The van der Waals surface area contributed by atoms with Crippen molar-refractivity contribution in [3.63, 3.8) is 0 Å². The Bertz CT molecular complexity index is 1360. The van der Waals surface area contributed by atoms with E-state index in [0.29, 0.717) is 64.2 Å². The topological polar surface area (TPSA) is 118 Å². The van der Waals surface area contributed by atoms with Crippen molar-refractivity contribution in [2.75, 3.05) is 72.0 Å². The van der Waals surface area contributed by atoms with Gasteiger partial charge in [-0.1, -0.05) is 28.1 Å². The first-order chi connectivity index (χ1) is 22.8. The maximum atomic E-state index is 13.0. The number of nitrogens with zero attached hydrogens (tertiary/aromatic N) is 6. The largest absolute Gasteiger partial charge is 0.459 e. The summed E-state index contributed by atoms with van der Waals surface area (Å²) in [6, 6.07) is 7.84. The van der Waals surface area contributed by atoms with E-state index in [1.165, 1.54) is 0 Å². The van der Waals surface area contributed by atoms with E-state index in [9.17, 15) is 14.4 Å². The molecule has 1 aliphatic heterocycles. The van der Waals surface area contributed by atoms with E-state index in [-0.39, 0.29) is 37.5 Å². The van der Waals surface area contributed by atoms with E-state index in [4.69, 9.17) is 24.2 Å². The third kappa shape index (κ3) is 15.8. The van der Waals surface area contributed by atoms with Gasteiger partial charge in [-0.05, 0) is 74.4 Å². The molecule has 1 saturated heterocycles. The lowest BCUT2D eigenvalue weighted by Gasteiger charge is -2.34. The minimum atomic E-state index is -0.608. The second-order valence-corrected chi connectivity index (χ2v) is 16.2. The van der Waals surface area contributed by atoms with Gasteiger partial charge in [0, 0.05) is 64.2 Å². The van der Waals surface area contributed by atoms with E-state index in [1.807, 2.05) is 91.5 Å². The highest BCUT2D eigenvalue weighted by atomic mass is 79.9. The lowest BCUT2D eigenvalue weighted by Crippen LogP contribution is -2.49. The van der Waals surface area contributed by atoms with E-state index >= 15 is 0 Å². The van der Waals surface area contributed by atoms with Crippen LogP contribution >= 0.6 is 15.9 Å². The quantitative estimate of drug-likeness (QED) is 0.207. The van der Waals surface area contributed by atoms with Crippen molar-refractivity contribution < 1.29 is 28.6 Å². The van der Waals surface area contributed by atoms with Gasteiger partial charge in [-0.2, -0.15) is 0 Å². The van der Waals surface area contributed by atoms with Crippen LogP contribution in [0.25, 0.3) is 11.0 Å². The van der Waals surface area contributed by atoms with Crippen molar-refractivity contribution in [3.8, 4) is 0 Å². The number of aromatic nitrogens is 2. The molecule has 2 aromatic rings. The Hall–Kier alpha value is -2.71. The highest BCUT2D eigenvalue weighted by molar-refractivity contribution is 9.08. The second-order valence-electron chi connectivity index (χ2n) is 15.6. The summed E-state index contributed by atoms with van der Waals surface area (Å²) in [5, 5.41) is 0.566. The fourth-order valence-electron chi connectivity index (χ4n) is 5.40. The van der Waals surface area contributed by atoms with Gasteiger partial charge in [0.15, 0.2) is 0 Å². The number of rotatable bonds is 9. The number of alkyl halides is 1. The van der Waals surface area contributed by atoms with E-state index in [0.717, 1.165) is 22.4 Å². The average molecular weight is 750 g/mol. The molecule has 49 heavy (non-hydrogen) atoms. The number of halogens is 1. The van der Waals surface area contributed by atoms with Gasteiger partial charge in [-0.25, -0.2) is 9.97 Å². The van der Waals surface area contributed by atoms with Crippen LogP contribution < -0.4 is 0 Å². The van der Waals surface area contributed by atoms with Crippen molar-refractivity contribution in [1.82, 2.24) is 29.6 Å². The number of carbonyl (C=O) groups is 3. The molecule has 0 amide bonds. The molecule has 0 unspecified atom stereocenters. The molecule has 274 valence electrons.